The van der Waals surface area contributed by atoms with Crippen LogP contribution in [-0.4, -0.2) is 0 Å². The zero-order valence-electron chi connectivity index (χ0n) is 14.0. The number of pyridine rings is 1. The molecule has 0 aliphatic carbocycles. The Bertz CT molecular complexity index is 917. The fourth-order valence-electron chi connectivity index (χ4n) is 3.21. The lowest BCUT2D eigenvalue weighted by atomic mass is 9.92. The molecule has 1 aromatic heterocycles. The second-order valence-corrected chi connectivity index (χ2v) is 5.83. The summed E-state index contributed by atoms with van der Waals surface area (Å²) in [6.45, 7) is 8.22. The first-order chi connectivity index (χ1) is 11.2. The summed E-state index contributed by atoms with van der Waals surface area (Å²) in [6, 6.07) is 15.1. The van der Waals surface area contributed by atoms with Crippen LogP contribution in [0.4, 0.5) is 0 Å². The lowest BCUT2D eigenvalue weighted by Crippen LogP contribution is -2.32. The first kappa shape index (κ1) is 15.2. The minimum atomic E-state index is 1.16. The molecule has 0 atom stereocenters. The van der Waals surface area contributed by atoms with E-state index in [9.17, 15) is 0 Å². The third kappa shape index (κ3) is 2.59. The third-order valence-corrected chi connectivity index (χ3v) is 4.32. The summed E-state index contributed by atoms with van der Waals surface area (Å²) in [5.41, 5.74) is 6.18. The molecule has 0 unspecified atom stereocenters. The number of hydrogen-bond acceptors (Lipinski definition) is 0. The molecule has 3 aromatic rings. The minimum Gasteiger partial charge on any atom is -0.200 e. The highest BCUT2D eigenvalue weighted by atomic mass is 14.9. The van der Waals surface area contributed by atoms with Crippen LogP contribution in [0.2, 0.25) is 0 Å². The molecule has 1 heterocycles. The molecule has 0 saturated heterocycles. The van der Waals surface area contributed by atoms with Crippen LogP contribution in [0.5, 0.6) is 0 Å². The molecule has 23 heavy (non-hydrogen) atoms. The molecule has 0 bridgehead atoms. The van der Waals surface area contributed by atoms with E-state index in [1.165, 1.54) is 33.2 Å². The fourth-order valence-corrected chi connectivity index (χ4v) is 3.21. The van der Waals surface area contributed by atoms with Crippen LogP contribution in [0.3, 0.4) is 0 Å². The first-order valence-corrected chi connectivity index (χ1v) is 7.94. The topological polar surface area (TPSA) is 3.88 Å². The lowest BCUT2D eigenvalue weighted by molar-refractivity contribution is -0.660. The second-order valence-electron chi connectivity index (χ2n) is 5.83. The molecule has 0 aliphatic rings. The zero-order chi connectivity index (χ0) is 16.4. The van der Waals surface area contributed by atoms with E-state index >= 15 is 0 Å². The quantitative estimate of drug-likeness (QED) is 0.577. The predicted molar refractivity (Wildman–Crippen MR) is 100 cm³/mol. The van der Waals surface area contributed by atoms with Gasteiger partial charge in [0.15, 0.2) is 6.20 Å². The smallest absolute Gasteiger partial charge is 0.200 e. The van der Waals surface area contributed by atoms with Crippen molar-refractivity contribution in [2.75, 3.05) is 0 Å². The Labute approximate surface area is 138 Å². The van der Waals surface area contributed by atoms with Gasteiger partial charge >= 0.3 is 0 Å². The molecule has 0 fully saturated rings. The van der Waals surface area contributed by atoms with Crippen molar-refractivity contribution in [2.24, 2.45) is 7.05 Å². The van der Waals surface area contributed by atoms with Gasteiger partial charge in [-0.05, 0) is 35.7 Å². The summed E-state index contributed by atoms with van der Waals surface area (Å²) in [6.07, 6.45) is 8.31. The molecule has 114 valence electrons. The van der Waals surface area contributed by atoms with Crippen molar-refractivity contribution in [3.8, 4) is 11.3 Å². The van der Waals surface area contributed by atoms with Crippen LogP contribution in [0.1, 0.15) is 23.6 Å². The Hall–Kier alpha value is -2.67. The van der Waals surface area contributed by atoms with Gasteiger partial charge in [0.25, 0.3) is 0 Å². The van der Waals surface area contributed by atoms with Gasteiger partial charge in [-0.25, -0.2) is 4.57 Å². The Balaban J connectivity index is 2.49. The standard InChI is InChI=1S/C22H22N/c1-5-9-20-17(6-2)14-15-23(4)22(20)21-16(3)12-13-18-10-7-8-11-19(18)21/h5-15H,2H2,1,3-4H3/q+1/b9-5-. The number of hydrogen-bond donors (Lipinski definition) is 0. The summed E-state index contributed by atoms with van der Waals surface area (Å²) in [5.74, 6) is 0. The number of fused-ring (bicyclic) bond motifs is 1. The van der Waals surface area contributed by atoms with E-state index in [0.29, 0.717) is 0 Å². The van der Waals surface area contributed by atoms with Crippen LogP contribution < -0.4 is 4.57 Å². The molecular weight excluding hydrogens is 278 g/mol. The summed E-state index contributed by atoms with van der Waals surface area (Å²) in [4.78, 5) is 0. The molecule has 0 radical (unpaired) electrons. The van der Waals surface area contributed by atoms with Gasteiger partial charge in [0.05, 0.1) is 11.1 Å². The van der Waals surface area contributed by atoms with Crippen LogP contribution in [0.15, 0.2) is 61.3 Å². The van der Waals surface area contributed by atoms with E-state index in [4.69, 9.17) is 0 Å². The molecular formula is C22H22N+. The van der Waals surface area contributed by atoms with E-state index in [2.05, 4.69) is 92.9 Å². The molecule has 1 heteroatoms. The highest BCUT2D eigenvalue weighted by molar-refractivity contribution is 5.98. The Morgan fingerprint density at radius 3 is 2.57 bits per heavy atom. The lowest BCUT2D eigenvalue weighted by Gasteiger charge is -2.13. The molecule has 1 nitrogen and oxygen atoms in total. The summed E-state index contributed by atoms with van der Waals surface area (Å²) < 4.78 is 2.21. The van der Waals surface area contributed by atoms with Gasteiger partial charge < -0.3 is 0 Å². The molecule has 0 N–H and O–H groups in total. The molecule has 0 saturated carbocycles. The monoisotopic (exact) mass is 300 g/mol. The molecule has 2 aromatic carbocycles. The van der Waals surface area contributed by atoms with E-state index in [0.717, 1.165) is 5.56 Å². The van der Waals surface area contributed by atoms with Crippen molar-refractivity contribution >= 4 is 22.9 Å². The fraction of sp³-hybridized carbons (Fsp3) is 0.136. The van der Waals surface area contributed by atoms with Gasteiger partial charge in [0.1, 0.15) is 7.05 Å². The second kappa shape index (κ2) is 6.21. The van der Waals surface area contributed by atoms with Crippen molar-refractivity contribution in [3.05, 3.63) is 78.0 Å². The number of rotatable bonds is 3. The van der Waals surface area contributed by atoms with Gasteiger partial charge in [0.2, 0.25) is 5.69 Å². The van der Waals surface area contributed by atoms with Gasteiger partial charge in [-0.2, -0.15) is 0 Å². The maximum absolute atomic E-state index is 3.98. The highest BCUT2D eigenvalue weighted by Gasteiger charge is 2.21. The van der Waals surface area contributed by atoms with E-state index in [1.54, 1.807) is 0 Å². The zero-order valence-corrected chi connectivity index (χ0v) is 14.0. The first-order valence-electron chi connectivity index (χ1n) is 7.94. The predicted octanol–water partition coefficient (Wildman–Crippen LogP) is 5.32. The minimum absolute atomic E-state index is 1.16. The number of nitrogens with zero attached hydrogens (tertiary/aromatic N) is 1. The van der Waals surface area contributed by atoms with Gasteiger partial charge in [-0.15, -0.1) is 0 Å². The average molecular weight is 300 g/mol. The van der Waals surface area contributed by atoms with E-state index in [-0.39, 0.29) is 0 Å². The Morgan fingerprint density at radius 1 is 1.04 bits per heavy atom. The van der Waals surface area contributed by atoms with Crippen molar-refractivity contribution in [1.82, 2.24) is 0 Å². The third-order valence-electron chi connectivity index (χ3n) is 4.32. The van der Waals surface area contributed by atoms with Crippen molar-refractivity contribution in [1.29, 1.82) is 0 Å². The van der Waals surface area contributed by atoms with Gasteiger partial charge in [-0.3, -0.25) is 0 Å². The largest absolute Gasteiger partial charge is 0.221 e. The maximum Gasteiger partial charge on any atom is 0.221 e. The van der Waals surface area contributed by atoms with Crippen LogP contribution >= 0.6 is 0 Å². The maximum atomic E-state index is 3.98. The number of aromatic nitrogens is 1. The van der Waals surface area contributed by atoms with Crippen LogP contribution in [0.25, 0.3) is 34.2 Å². The summed E-state index contributed by atoms with van der Waals surface area (Å²) >= 11 is 0. The summed E-state index contributed by atoms with van der Waals surface area (Å²) in [5, 5.41) is 2.55. The van der Waals surface area contributed by atoms with E-state index < -0.39 is 0 Å². The molecule has 3 rings (SSSR count). The summed E-state index contributed by atoms with van der Waals surface area (Å²) in [7, 11) is 2.11. The number of allylic oxidation sites excluding steroid dienone is 1. The van der Waals surface area contributed by atoms with Crippen LogP contribution in [-0.2, 0) is 7.05 Å². The highest BCUT2D eigenvalue weighted by Crippen LogP contribution is 2.33. The van der Waals surface area contributed by atoms with Crippen LogP contribution in [0, 0.1) is 6.92 Å². The SMILES string of the molecule is C=Cc1cc[n+](C)c(-c2c(C)ccc3ccccc23)c1/C=C\C. The van der Waals surface area contributed by atoms with Crippen molar-refractivity contribution in [2.45, 2.75) is 13.8 Å². The van der Waals surface area contributed by atoms with Gasteiger partial charge in [0, 0.05) is 6.07 Å². The molecule has 0 amide bonds. The number of benzene rings is 2. The van der Waals surface area contributed by atoms with E-state index in [1.807, 2.05) is 6.08 Å². The number of aryl methyl sites for hydroxylation is 2. The molecule has 0 spiro atoms. The average Bonchev–Trinajstić information content (AvgIpc) is 2.57. The van der Waals surface area contributed by atoms with Crippen molar-refractivity contribution in [3.63, 3.8) is 0 Å². The molecule has 0 aliphatic heterocycles. The van der Waals surface area contributed by atoms with Crippen molar-refractivity contribution < 1.29 is 4.57 Å². The van der Waals surface area contributed by atoms with Gasteiger partial charge in [-0.1, -0.05) is 61.2 Å². The normalized spacial score (nSPS) is 11.3. The Morgan fingerprint density at radius 2 is 1.83 bits per heavy atom. The Kier molecular flexibility index (Phi) is 4.12.